The first kappa shape index (κ1) is 16.5. The van der Waals surface area contributed by atoms with Crippen molar-refractivity contribution in [2.24, 2.45) is 0 Å². The molecule has 1 aromatic rings. The first-order chi connectivity index (χ1) is 9.99. The Balaban J connectivity index is 1.91. The van der Waals surface area contributed by atoms with Crippen molar-refractivity contribution in [1.29, 1.82) is 0 Å². The number of nitrogens with two attached hydrogens (primary N) is 1. The number of rotatable bonds is 5. The van der Waals surface area contributed by atoms with Gasteiger partial charge in [-0.1, -0.05) is 24.4 Å². The van der Waals surface area contributed by atoms with E-state index in [0.29, 0.717) is 12.2 Å². The average Bonchev–Trinajstić information content (AvgIpc) is 2.66. The maximum absolute atomic E-state index is 12.2. The molecular formula is C14H22ClN3O2S. The van der Waals surface area contributed by atoms with Gasteiger partial charge in [-0.2, -0.15) is 0 Å². The molecule has 7 heteroatoms. The molecule has 5 nitrogen and oxygen atoms in total. The Bertz CT molecular complexity index is 570. The zero-order valence-electron chi connectivity index (χ0n) is 12.0. The van der Waals surface area contributed by atoms with Gasteiger partial charge in [-0.05, 0) is 44.1 Å². The van der Waals surface area contributed by atoms with Crippen LogP contribution in [0.25, 0.3) is 0 Å². The van der Waals surface area contributed by atoms with Gasteiger partial charge in [0, 0.05) is 18.8 Å². The van der Waals surface area contributed by atoms with Gasteiger partial charge in [0.2, 0.25) is 10.0 Å². The second kappa shape index (κ2) is 7.45. The van der Waals surface area contributed by atoms with Crippen molar-refractivity contribution in [3.63, 3.8) is 0 Å². The Morgan fingerprint density at radius 1 is 1.19 bits per heavy atom. The standard InChI is InChI=1S/C14H22ClN3O2S/c15-13-11-12(16)5-6-14(13)21(19,20)17-7-10-18-8-3-1-2-4-9-18/h5-6,11,17H,1-4,7-10,16H2. The van der Waals surface area contributed by atoms with E-state index >= 15 is 0 Å². The predicted molar refractivity (Wildman–Crippen MR) is 86.0 cm³/mol. The quantitative estimate of drug-likeness (QED) is 0.810. The van der Waals surface area contributed by atoms with Crippen molar-refractivity contribution in [3.8, 4) is 0 Å². The second-order valence-electron chi connectivity index (χ2n) is 5.34. The molecule has 2 rings (SSSR count). The van der Waals surface area contributed by atoms with Crippen LogP contribution in [0.1, 0.15) is 25.7 Å². The Kier molecular flexibility index (Phi) is 5.87. The highest BCUT2D eigenvalue weighted by atomic mass is 35.5. The van der Waals surface area contributed by atoms with Gasteiger partial charge in [0.05, 0.1) is 5.02 Å². The van der Waals surface area contributed by atoms with Gasteiger partial charge < -0.3 is 10.6 Å². The lowest BCUT2D eigenvalue weighted by Gasteiger charge is -2.19. The third kappa shape index (κ3) is 4.85. The Morgan fingerprint density at radius 3 is 2.48 bits per heavy atom. The molecule has 0 aromatic heterocycles. The minimum Gasteiger partial charge on any atom is -0.399 e. The van der Waals surface area contributed by atoms with E-state index in [4.69, 9.17) is 17.3 Å². The summed E-state index contributed by atoms with van der Waals surface area (Å²) in [6.07, 6.45) is 4.92. The molecule has 0 spiro atoms. The first-order valence-electron chi connectivity index (χ1n) is 7.26. The van der Waals surface area contributed by atoms with Crippen LogP contribution in [0.3, 0.4) is 0 Å². The van der Waals surface area contributed by atoms with Gasteiger partial charge in [-0.3, -0.25) is 0 Å². The summed E-state index contributed by atoms with van der Waals surface area (Å²) in [5.74, 6) is 0. The van der Waals surface area contributed by atoms with Gasteiger partial charge in [0.1, 0.15) is 4.90 Å². The largest absolute Gasteiger partial charge is 0.399 e. The molecule has 3 N–H and O–H groups in total. The molecule has 0 unspecified atom stereocenters. The van der Waals surface area contributed by atoms with Crippen molar-refractivity contribution < 1.29 is 8.42 Å². The van der Waals surface area contributed by atoms with Crippen molar-refractivity contribution in [2.45, 2.75) is 30.6 Å². The Hall–Kier alpha value is -0.820. The number of hydrogen-bond acceptors (Lipinski definition) is 4. The SMILES string of the molecule is Nc1ccc(S(=O)(=O)NCCN2CCCCCC2)c(Cl)c1. The number of sulfonamides is 1. The van der Waals surface area contributed by atoms with Crippen LogP contribution < -0.4 is 10.5 Å². The lowest BCUT2D eigenvalue weighted by molar-refractivity contribution is 0.290. The average molecular weight is 332 g/mol. The van der Waals surface area contributed by atoms with Crippen LogP contribution in [0.15, 0.2) is 23.1 Å². The van der Waals surface area contributed by atoms with Gasteiger partial charge in [0.15, 0.2) is 0 Å². The van der Waals surface area contributed by atoms with E-state index in [1.807, 2.05) is 0 Å². The summed E-state index contributed by atoms with van der Waals surface area (Å²) < 4.78 is 27.0. The number of nitrogens with zero attached hydrogens (tertiary/aromatic N) is 1. The molecule has 0 radical (unpaired) electrons. The minimum atomic E-state index is -3.58. The molecule has 0 atom stereocenters. The van der Waals surface area contributed by atoms with Crippen LogP contribution in [0, 0.1) is 0 Å². The second-order valence-corrected chi connectivity index (χ2v) is 7.49. The topological polar surface area (TPSA) is 75.4 Å². The van der Waals surface area contributed by atoms with Crippen molar-refractivity contribution in [2.75, 3.05) is 31.9 Å². The van der Waals surface area contributed by atoms with Crippen molar-refractivity contribution in [1.82, 2.24) is 9.62 Å². The zero-order chi connectivity index (χ0) is 15.3. The van der Waals surface area contributed by atoms with E-state index in [1.54, 1.807) is 0 Å². The molecule has 1 aliphatic rings. The lowest BCUT2D eigenvalue weighted by Crippen LogP contribution is -2.35. The van der Waals surface area contributed by atoms with Crippen molar-refractivity contribution in [3.05, 3.63) is 23.2 Å². The molecule has 0 saturated carbocycles. The monoisotopic (exact) mass is 331 g/mol. The molecule has 118 valence electrons. The first-order valence-corrected chi connectivity index (χ1v) is 9.12. The number of halogens is 1. The van der Waals surface area contributed by atoms with Crippen LogP contribution in [0.2, 0.25) is 5.02 Å². The molecule has 1 fully saturated rings. The molecule has 1 aliphatic heterocycles. The fourth-order valence-corrected chi connectivity index (χ4v) is 4.08. The van der Waals surface area contributed by atoms with Crippen LogP contribution >= 0.6 is 11.6 Å². The molecule has 0 bridgehead atoms. The number of hydrogen-bond donors (Lipinski definition) is 2. The summed E-state index contributed by atoms with van der Waals surface area (Å²) in [4.78, 5) is 2.38. The number of nitrogen functional groups attached to an aromatic ring is 1. The summed E-state index contributed by atoms with van der Waals surface area (Å²) in [5.41, 5.74) is 6.02. The van der Waals surface area contributed by atoms with Crippen LogP contribution in [-0.2, 0) is 10.0 Å². The Morgan fingerprint density at radius 2 is 1.86 bits per heavy atom. The third-order valence-electron chi connectivity index (χ3n) is 3.66. The molecular weight excluding hydrogens is 310 g/mol. The highest BCUT2D eigenvalue weighted by Crippen LogP contribution is 2.23. The highest BCUT2D eigenvalue weighted by Gasteiger charge is 2.18. The van der Waals surface area contributed by atoms with E-state index in [0.717, 1.165) is 19.6 Å². The van der Waals surface area contributed by atoms with E-state index in [9.17, 15) is 8.42 Å². The van der Waals surface area contributed by atoms with Crippen LogP contribution in [0.4, 0.5) is 5.69 Å². The number of likely N-dealkylation sites (tertiary alicyclic amines) is 1. The van der Waals surface area contributed by atoms with Crippen LogP contribution in [-0.4, -0.2) is 39.5 Å². The maximum Gasteiger partial charge on any atom is 0.242 e. The third-order valence-corrected chi connectivity index (χ3v) is 5.61. The van der Waals surface area contributed by atoms with Crippen LogP contribution in [0.5, 0.6) is 0 Å². The summed E-state index contributed by atoms with van der Waals surface area (Å²) in [5, 5.41) is 0.150. The fourth-order valence-electron chi connectivity index (χ4n) is 2.51. The summed E-state index contributed by atoms with van der Waals surface area (Å²) >= 11 is 5.95. The summed E-state index contributed by atoms with van der Waals surface area (Å²) in [6.45, 7) is 3.21. The summed E-state index contributed by atoms with van der Waals surface area (Å²) in [6, 6.07) is 4.42. The van der Waals surface area contributed by atoms with Crippen molar-refractivity contribution >= 4 is 27.3 Å². The molecule has 1 aromatic carbocycles. The van der Waals surface area contributed by atoms with E-state index in [-0.39, 0.29) is 9.92 Å². The number of benzene rings is 1. The molecule has 21 heavy (non-hydrogen) atoms. The molecule has 1 saturated heterocycles. The minimum absolute atomic E-state index is 0.0780. The predicted octanol–water partition coefficient (Wildman–Crippen LogP) is 2.08. The molecule has 0 amide bonds. The number of nitrogens with one attached hydrogen (secondary N) is 1. The zero-order valence-corrected chi connectivity index (χ0v) is 13.6. The number of anilines is 1. The fraction of sp³-hybridized carbons (Fsp3) is 0.571. The Labute approximate surface area is 131 Å². The molecule has 1 heterocycles. The van der Waals surface area contributed by atoms with Gasteiger partial charge in [0.25, 0.3) is 0 Å². The van der Waals surface area contributed by atoms with E-state index in [1.165, 1.54) is 43.9 Å². The smallest absolute Gasteiger partial charge is 0.242 e. The van der Waals surface area contributed by atoms with Gasteiger partial charge in [-0.15, -0.1) is 0 Å². The van der Waals surface area contributed by atoms with Gasteiger partial charge in [-0.25, -0.2) is 13.1 Å². The summed E-state index contributed by atoms with van der Waals surface area (Å²) in [7, 11) is -3.58. The van der Waals surface area contributed by atoms with Gasteiger partial charge >= 0.3 is 0 Å². The molecule has 0 aliphatic carbocycles. The maximum atomic E-state index is 12.2. The highest BCUT2D eigenvalue weighted by molar-refractivity contribution is 7.89. The lowest BCUT2D eigenvalue weighted by atomic mass is 10.2. The van der Waals surface area contributed by atoms with E-state index in [2.05, 4.69) is 9.62 Å². The normalized spacial score (nSPS) is 17.6. The van der Waals surface area contributed by atoms with E-state index < -0.39 is 10.0 Å².